The summed E-state index contributed by atoms with van der Waals surface area (Å²) in [5.41, 5.74) is 9.30. The minimum atomic E-state index is 0.654. The molecule has 256 valence electrons. The van der Waals surface area contributed by atoms with Gasteiger partial charge in [-0.15, -0.1) is 0 Å². The fourth-order valence-electron chi connectivity index (χ4n) is 8.42. The third-order valence-electron chi connectivity index (χ3n) is 10.9. The molecule has 55 heavy (non-hydrogen) atoms. The zero-order valence-corrected chi connectivity index (χ0v) is 29.8. The van der Waals surface area contributed by atoms with Crippen molar-refractivity contribution in [2.24, 2.45) is 0 Å². The fourth-order valence-corrected chi connectivity index (χ4v) is 8.42. The molecule has 0 aliphatic heterocycles. The zero-order chi connectivity index (χ0) is 36.3. The summed E-state index contributed by atoms with van der Waals surface area (Å²) in [6.45, 7) is 0. The van der Waals surface area contributed by atoms with Gasteiger partial charge in [0.05, 0.1) is 5.69 Å². The van der Waals surface area contributed by atoms with Gasteiger partial charge in [0.25, 0.3) is 0 Å². The maximum Gasteiger partial charge on any atom is 0.160 e. The molecule has 0 unspecified atom stereocenters. The standard InChI is InChI=1S/C52H32N2O/c1-3-16-34(17-4-1)49-41-24-12-13-25-42(41)51(50-37-21-9-7-15-33(37)27-28-44(49)50)43-30-29-40(38-22-10-11-23-39(38)43)45-32-46(48-31-36-20-8-14-26-47(36)55-48)54-52(53-45)35-18-5-2-6-19-35/h1-32H. The molecular weight excluding hydrogens is 669 g/mol. The van der Waals surface area contributed by atoms with E-state index in [0.29, 0.717) is 11.6 Å². The number of hydrogen-bond acceptors (Lipinski definition) is 3. The molecule has 2 aromatic heterocycles. The van der Waals surface area contributed by atoms with Gasteiger partial charge in [0.15, 0.2) is 11.6 Å². The van der Waals surface area contributed by atoms with Crippen LogP contribution >= 0.6 is 0 Å². The van der Waals surface area contributed by atoms with Gasteiger partial charge in [-0.25, -0.2) is 9.97 Å². The first-order valence-corrected chi connectivity index (χ1v) is 18.7. The summed E-state index contributed by atoms with van der Waals surface area (Å²) in [5, 5.41) is 10.7. The normalized spacial score (nSPS) is 11.6. The molecule has 3 nitrogen and oxygen atoms in total. The number of para-hydroxylation sites is 1. The Morgan fingerprint density at radius 1 is 0.345 bits per heavy atom. The van der Waals surface area contributed by atoms with Crippen LogP contribution in [0.3, 0.4) is 0 Å². The SMILES string of the molecule is c1ccc(-c2nc(-c3cc4ccccc4o3)cc(-c3ccc(-c4c5ccccc5c(-c5ccccc5)c5ccc6ccccc6c45)c4ccccc34)n2)cc1. The van der Waals surface area contributed by atoms with Gasteiger partial charge in [-0.3, -0.25) is 0 Å². The minimum Gasteiger partial charge on any atom is -0.454 e. The molecule has 0 bridgehead atoms. The number of nitrogens with zero attached hydrogens (tertiary/aromatic N) is 2. The monoisotopic (exact) mass is 700 g/mol. The second kappa shape index (κ2) is 12.6. The molecule has 11 aromatic rings. The molecule has 3 heteroatoms. The lowest BCUT2D eigenvalue weighted by atomic mass is 9.82. The summed E-state index contributed by atoms with van der Waals surface area (Å²) < 4.78 is 6.37. The molecule has 0 aliphatic carbocycles. The van der Waals surface area contributed by atoms with E-state index >= 15 is 0 Å². The van der Waals surface area contributed by atoms with E-state index in [1.165, 1.54) is 54.6 Å². The minimum absolute atomic E-state index is 0.654. The van der Waals surface area contributed by atoms with E-state index in [1.807, 2.05) is 36.4 Å². The quantitative estimate of drug-likeness (QED) is 0.133. The molecule has 11 rings (SSSR count). The predicted molar refractivity (Wildman–Crippen MR) is 229 cm³/mol. The van der Waals surface area contributed by atoms with Crippen LogP contribution in [-0.4, -0.2) is 9.97 Å². The van der Waals surface area contributed by atoms with Crippen molar-refractivity contribution in [3.63, 3.8) is 0 Å². The summed E-state index contributed by atoms with van der Waals surface area (Å²) in [6, 6.07) is 68.7. The number of hydrogen-bond donors (Lipinski definition) is 0. The lowest BCUT2D eigenvalue weighted by Gasteiger charge is -2.21. The summed E-state index contributed by atoms with van der Waals surface area (Å²) in [6.07, 6.45) is 0. The molecule has 9 aromatic carbocycles. The van der Waals surface area contributed by atoms with E-state index in [0.717, 1.165) is 44.3 Å². The molecule has 0 fully saturated rings. The van der Waals surface area contributed by atoms with Crippen molar-refractivity contribution >= 4 is 54.1 Å². The van der Waals surface area contributed by atoms with E-state index in [9.17, 15) is 0 Å². The van der Waals surface area contributed by atoms with E-state index < -0.39 is 0 Å². The molecule has 0 N–H and O–H groups in total. The van der Waals surface area contributed by atoms with E-state index in [1.54, 1.807) is 0 Å². The van der Waals surface area contributed by atoms with Crippen LogP contribution in [0.4, 0.5) is 0 Å². The fraction of sp³-hybridized carbons (Fsp3) is 0. The topological polar surface area (TPSA) is 38.9 Å². The number of aromatic nitrogens is 2. The Bertz CT molecular complexity index is 3220. The van der Waals surface area contributed by atoms with Crippen LogP contribution in [0, 0.1) is 0 Å². The highest BCUT2D eigenvalue weighted by atomic mass is 16.3. The first-order chi connectivity index (χ1) is 27.3. The Balaban J connectivity index is 1.21. The molecule has 0 spiro atoms. The van der Waals surface area contributed by atoms with Gasteiger partial charge in [-0.1, -0.05) is 176 Å². The van der Waals surface area contributed by atoms with Crippen molar-refractivity contribution < 1.29 is 4.42 Å². The van der Waals surface area contributed by atoms with Crippen LogP contribution < -0.4 is 0 Å². The molecule has 0 radical (unpaired) electrons. The maximum absolute atomic E-state index is 6.37. The molecule has 0 saturated heterocycles. The third-order valence-corrected chi connectivity index (χ3v) is 10.9. The summed E-state index contributed by atoms with van der Waals surface area (Å²) in [4.78, 5) is 10.3. The van der Waals surface area contributed by atoms with Gasteiger partial charge < -0.3 is 4.42 Å². The van der Waals surface area contributed by atoms with Crippen LogP contribution in [0.5, 0.6) is 0 Å². The molecule has 0 saturated carbocycles. The van der Waals surface area contributed by atoms with Crippen LogP contribution in [-0.2, 0) is 0 Å². The molecular formula is C52H32N2O. The Morgan fingerprint density at radius 2 is 0.909 bits per heavy atom. The Hall–Kier alpha value is -7.36. The smallest absolute Gasteiger partial charge is 0.160 e. The maximum atomic E-state index is 6.37. The molecule has 0 amide bonds. The highest BCUT2D eigenvalue weighted by Crippen LogP contribution is 2.48. The van der Waals surface area contributed by atoms with Crippen molar-refractivity contribution in [2.45, 2.75) is 0 Å². The average Bonchev–Trinajstić information content (AvgIpc) is 3.70. The van der Waals surface area contributed by atoms with E-state index in [4.69, 9.17) is 14.4 Å². The van der Waals surface area contributed by atoms with Crippen LogP contribution in [0.1, 0.15) is 0 Å². The van der Waals surface area contributed by atoms with Crippen molar-refractivity contribution in [1.82, 2.24) is 9.97 Å². The van der Waals surface area contributed by atoms with E-state index in [-0.39, 0.29) is 0 Å². The molecule has 0 aliphatic rings. The number of benzene rings is 9. The van der Waals surface area contributed by atoms with Gasteiger partial charge in [0.1, 0.15) is 11.3 Å². The Morgan fingerprint density at radius 3 is 1.65 bits per heavy atom. The number of furan rings is 1. The van der Waals surface area contributed by atoms with Gasteiger partial charge in [0, 0.05) is 16.5 Å². The lowest BCUT2D eigenvalue weighted by molar-refractivity contribution is 0.628. The summed E-state index contributed by atoms with van der Waals surface area (Å²) in [7, 11) is 0. The Labute approximate surface area is 317 Å². The second-order valence-electron chi connectivity index (χ2n) is 14.1. The number of fused-ring (bicyclic) bond motifs is 6. The molecule has 2 heterocycles. The van der Waals surface area contributed by atoms with Gasteiger partial charge in [-0.2, -0.15) is 0 Å². The van der Waals surface area contributed by atoms with Gasteiger partial charge >= 0.3 is 0 Å². The predicted octanol–water partition coefficient (Wildman–Crippen LogP) is 14.2. The van der Waals surface area contributed by atoms with Crippen molar-refractivity contribution in [1.29, 1.82) is 0 Å². The van der Waals surface area contributed by atoms with Crippen LogP contribution in [0.2, 0.25) is 0 Å². The number of rotatable bonds is 5. The first-order valence-electron chi connectivity index (χ1n) is 18.7. The summed E-state index contributed by atoms with van der Waals surface area (Å²) in [5.74, 6) is 1.37. The second-order valence-corrected chi connectivity index (χ2v) is 14.1. The van der Waals surface area contributed by atoms with Crippen molar-refractivity contribution in [2.75, 3.05) is 0 Å². The van der Waals surface area contributed by atoms with Crippen LogP contribution in [0.15, 0.2) is 199 Å². The van der Waals surface area contributed by atoms with Crippen molar-refractivity contribution in [3.8, 4) is 56.4 Å². The zero-order valence-electron chi connectivity index (χ0n) is 29.8. The first kappa shape index (κ1) is 31.2. The average molecular weight is 701 g/mol. The largest absolute Gasteiger partial charge is 0.454 e. The lowest BCUT2D eigenvalue weighted by Crippen LogP contribution is -1.97. The third kappa shape index (κ3) is 5.13. The van der Waals surface area contributed by atoms with Gasteiger partial charge in [0.2, 0.25) is 0 Å². The van der Waals surface area contributed by atoms with Crippen LogP contribution in [0.25, 0.3) is 110 Å². The van der Waals surface area contributed by atoms with Gasteiger partial charge in [-0.05, 0) is 83.5 Å². The summed E-state index contributed by atoms with van der Waals surface area (Å²) >= 11 is 0. The van der Waals surface area contributed by atoms with Crippen molar-refractivity contribution in [3.05, 3.63) is 194 Å². The highest BCUT2D eigenvalue weighted by molar-refractivity contribution is 6.29. The Kier molecular flexibility index (Phi) is 7.17. The molecule has 0 atom stereocenters. The highest BCUT2D eigenvalue weighted by Gasteiger charge is 2.22. The van der Waals surface area contributed by atoms with E-state index in [2.05, 4.69) is 158 Å².